The molecule has 0 fully saturated rings. The van der Waals surface area contributed by atoms with E-state index in [-0.39, 0.29) is 45.5 Å². The molecule has 0 atom stereocenters. The molecule has 0 saturated heterocycles. The van der Waals surface area contributed by atoms with Crippen molar-refractivity contribution in [2.75, 3.05) is 19.8 Å². The number of rotatable bonds is 12. The number of carbonyl (C=O) groups excluding carboxylic acids is 5. The van der Waals surface area contributed by atoms with Crippen LogP contribution in [0.1, 0.15) is 32.6 Å². The second-order valence-corrected chi connectivity index (χ2v) is 4.85. The molecule has 0 radical (unpaired) electrons. The maximum absolute atomic E-state index is 10.8. The molecule has 0 rings (SSSR count). The third-order valence-electron chi connectivity index (χ3n) is 2.52. The molecule has 1 N–H and O–H groups in total. The Kier molecular flexibility index (Phi) is 17.7. The molecule has 0 aromatic carbocycles. The van der Waals surface area contributed by atoms with Gasteiger partial charge in [-0.3, -0.25) is 14.4 Å². The highest BCUT2D eigenvalue weighted by Crippen LogP contribution is 1.97. The Balaban J connectivity index is 0. The van der Waals surface area contributed by atoms with Gasteiger partial charge in [0.1, 0.15) is 13.2 Å². The lowest BCUT2D eigenvalue weighted by Crippen LogP contribution is -2.13. The van der Waals surface area contributed by atoms with Gasteiger partial charge in [-0.15, -0.1) is 0 Å². The predicted octanol–water partition coefficient (Wildman–Crippen LogP) is 0.641. The molecule has 0 aromatic rings. The van der Waals surface area contributed by atoms with Crippen molar-refractivity contribution < 1.29 is 57.9 Å². The maximum Gasteiger partial charge on any atom is 0.378 e. The van der Waals surface area contributed by atoms with Crippen molar-refractivity contribution in [1.29, 1.82) is 0 Å². The van der Waals surface area contributed by atoms with Crippen molar-refractivity contribution in [3.63, 3.8) is 0 Å². The smallest absolute Gasteiger partial charge is 0.378 e. The fourth-order valence-corrected chi connectivity index (χ4v) is 1.24. The van der Waals surface area contributed by atoms with E-state index < -0.39 is 35.8 Å². The third-order valence-corrected chi connectivity index (χ3v) is 2.52. The molecule has 0 aliphatic rings. The van der Waals surface area contributed by atoms with Gasteiger partial charge < -0.3 is 19.3 Å². The van der Waals surface area contributed by atoms with Crippen molar-refractivity contribution in [3.8, 4) is 0 Å². The fourth-order valence-electron chi connectivity index (χ4n) is 1.24. The van der Waals surface area contributed by atoms with Crippen LogP contribution in [0.25, 0.3) is 0 Å². The Morgan fingerprint density at radius 3 is 1.73 bits per heavy atom. The molecule has 12 nitrogen and oxygen atoms in total. The van der Waals surface area contributed by atoms with Gasteiger partial charge in [0.2, 0.25) is 0 Å². The van der Waals surface area contributed by atoms with E-state index in [0.717, 1.165) is 12.2 Å². The summed E-state index contributed by atoms with van der Waals surface area (Å²) in [7, 11) is 0. The molecule has 30 heavy (non-hydrogen) atoms. The minimum Gasteiger partial charge on any atom is -0.481 e. The molecule has 0 saturated carbocycles. The van der Waals surface area contributed by atoms with Crippen LogP contribution in [-0.2, 0) is 52.8 Å². The normalized spacial score (nSPS) is 8.97. The van der Waals surface area contributed by atoms with Gasteiger partial charge in [0.25, 0.3) is 0 Å². The lowest BCUT2D eigenvalue weighted by molar-refractivity contribution is -0.255. The Hall–Kier alpha value is -3.70. The quantitative estimate of drug-likeness (QED) is 0.114. The predicted molar refractivity (Wildman–Crippen MR) is 97.2 cm³/mol. The van der Waals surface area contributed by atoms with Crippen LogP contribution in [0.2, 0.25) is 0 Å². The van der Waals surface area contributed by atoms with Gasteiger partial charge in [0.15, 0.2) is 0 Å². The molecule has 168 valence electrons. The van der Waals surface area contributed by atoms with Gasteiger partial charge in [-0.05, 0) is 6.92 Å². The molecule has 0 heterocycles. The zero-order valence-corrected chi connectivity index (χ0v) is 16.5. The summed E-state index contributed by atoms with van der Waals surface area (Å²) in [5.74, 6) is -4.50. The van der Waals surface area contributed by atoms with Crippen LogP contribution >= 0.6 is 0 Å². The van der Waals surface area contributed by atoms with E-state index in [1.165, 1.54) is 0 Å². The summed E-state index contributed by atoms with van der Waals surface area (Å²) in [6.07, 6.45) is 1.06. The first kappa shape index (κ1) is 28.5. The van der Waals surface area contributed by atoms with E-state index in [2.05, 4.69) is 37.1 Å². The van der Waals surface area contributed by atoms with Gasteiger partial charge in [-0.2, -0.15) is 0 Å². The number of esters is 3. The number of hydrogen-bond acceptors (Lipinski definition) is 11. The van der Waals surface area contributed by atoms with Crippen molar-refractivity contribution in [3.05, 3.63) is 25.3 Å². The first-order valence-corrected chi connectivity index (χ1v) is 8.52. The molecular weight excluding hydrogens is 408 g/mol. The Labute approximate surface area is 172 Å². The van der Waals surface area contributed by atoms with Crippen molar-refractivity contribution in [2.24, 2.45) is 0 Å². The minimum absolute atomic E-state index is 0.0658. The van der Waals surface area contributed by atoms with Crippen LogP contribution in [0.5, 0.6) is 0 Å². The number of carbonyl (C=O) groups is 6. The molecule has 0 spiro atoms. The van der Waals surface area contributed by atoms with Gasteiger partial charge in [-0.25, -0.2) is 24.2 Å². The van der Waals surface area contributed by atoms with E-state index in [0.29, 0.717) is 0 Å². The van der Waals surface area contributed by atoms with E-state index in [9.17, 15) is 28.8 Å². The number of aliphatic carboxylic acids is 1. The van der Waals surface area contributed by atoms with E-state index in [4.69, 9.17) is 5.11 Å². The van der Waals surface area contributed by atoms with E-state index in [1.807, 2.05) is 0 Å². The molecule has 0 bridgehead atoms. The van der Waals surface area contributed by atoms with Gasteiger partial charge in [0, 0.05) is 12.2 Å². The van der Waals surface area contributed by atoms with Gasteiger partial charge >= 0.3 is 35.8 Å². The number of hydrogen-bond donors (Lipinski definition) is 1. The summed E-state index contributed by atoms with van der Waals surface area (Å²) < 4.78 is 13.7. The summed E-state index contributed by atoms with van der Waals surface area (Å²) in [6, 6.07) is 0. The molecular formula is C18H24O12. The standard InChI is InChI=1S/2C9H12O6/c1-3-7(10)14-15-9(12)6-5-8(11)13-4-2;1-2-8(12)14-5-6-15-9(13)4-3-7(10)11/h3H,1,4-6H2,2H3;2H,1,3-6H2,(H,10,11). The Bertz CT molecular complexity index is 623. The van der Waals surface area contributed by atoms with E-state index in [1.54, 1.807) is 6.92 Å². The van der Waals surface area contributed by atoms with Crippen molar-refractivity contribution in [1.82, 2.24) is 0 Å². The van der Waals surface area contributed by atoms with Crippen LogP contribution in [-0.4, -0.2) is 60.7 Å². The largest absolute Gasteiger partial charge is 0.481 e. The Morgan fingerprint density at radius 1 is 0.700 bits per heavy atom. The van der Waals surface area contributed by atoms with Crippen molar-refractivity contribution in [2.45, 2.75) is 32.6 Å². The van der Waals surface area contributed by atoms with Crippen LogP contribution in [0.15, 0.2) is 25.3 Å². The topological polar surface area (TPSA) is 169 Å². The Morgan fingerprint density at radius 2 is 1.20 bits per heavy atom. The zero-order chi connectivity index (χ0) is 23.4. The first-order valence-electron chi connectivity index (χ1n) is 8.52. The second-order valence-electron chi connectivity index (χ2n) is 4.85. The molecule has 0 aliphatic carbocycles. The first-order chi connectivity index (χ1) is 14.2. The summed E-state index contributed by atoms with van der Waals surface area (Å²) in [5.41, 5.74) is 0. The lowest BCUT2D eigenvalue weighted by Gasteiger charge is -2.03. The molecule has 12 heteroatoms. The summed E-state index contributed by atoms with van der Waals surface area (Å²) in [4.78, 5) is 71.5. The van der Waals surface area contributed by atoms with E-state index >= 15 is 0 Å². The third kappa shape index (κ3) is 20.6. The van der Waals surface area contributed by atoms with Crippen LogP contribution in [0, 0.1) is 0 Å². The van der Waals surface area contributed by atoms with Gasteiger partial charge in [0.05, 0.1) is 32.3 Å². The van der Waals surface area contributed by atoms with Crippen LogP contribution < -0.4 is 0 Å². The van der Waals surface area contributed by atoms with Crippen LogP contribution in [0.3, 0.4) is 0 Å². The zero-order valence-electron chi connectivity index (χ0n) is 16.5. The summed E-state index contributed by atoms with van der Waals surface area (Å²) in [5, 5.41) is 8.25. The highest BCUT2D eigenvalue weighted by molar-refractivity contribution is 5.82. The maximum atomic E-state index is 10.8. The molecule has 0 amide bonds. The number of carboxylic acid groups (broad SMARTS) is 1. The highest BCUT2D eigenvalue weighted by Gasteiger charge is 2.11. The molecule has 0 aliphatic heterocycles. The SMILES string of the molecule is C=CC(=O)OCCOC(=O)CCC(=O)O.C=CC(=O)OOC(=O)CCC(=O)OCC. The van der Waals surface area contributed by atoms with Crippen molar-refractivity contribution >= 4 is 35.8 Å². The monoisotopic (exact) mass is 432 g/mol. The van der Waals surface area contributed by atoms with Gasteiger partial charge in [-0.1, -0.05) is 13.2 Å². The summed E-state index contributed by atoms with van der Waals surface area (Å²) >= 11 is 0. The molecule has 0 aromatic heterocycles. The second kappa shape index (κ2) is 18.7. The van der Waals surface area contributed by atoms with Crippen LogP contribution in [0.4, 0.5) is 0 Å². The fraction of sp³-hybridized carbons (Fsp3) is 0.444. The minimum atomic E-state index is -1.06. The number of carboxylic acids is 1. The highest BCUT2D eigenvalue weighted by atomic mass is 17.2. The summed E-state index contributed by atoms with van der Waals surface area (Å²) in [6.45, 7) is 8.03. The molecule has 0 unspecified atom stereocenters. The average Bonchev–Trinajstić information content (AvgIpc) is 2.72. The average molecular weight is 432 g/mol. The number of ether oxygens (including phenoxy) is 3. The lowest BCUT2D eigenvalue weighted by atomic mass is 10.3.